The monoisotopic (exact) mass is 681 g/mol. The molecule has 8 rings (SSSR count). The lowest BCUT2D eigenvalue weighted by molar-refractivity contribution is -0.123. The number of aromatic amines is 1. The minimum absolute atomic E-state index is 0.00320. The Morgan fingerprint density at radius 2 is 1.69 bits per heavy atom. The standard InChI is InChI=1S/C37H35N3O6S2/c1-4-45-26-15-20(10-13-25(26)46-17-27(41)38-21-7-5-6-19(3)14-21)28-29-23-16-24(32(29)47-34-33(28)48-37(44)39-34)31-30(23)35(42)40(36(31)43)22-11-8-18(2)9-12-22/h5-15,23-24,28-32H,4,16-17H2,1-3H3,(H,38,41)(H,39,44)/t23?,24?,28-,29?,30?,31?,32?/m1/s1. The predicted molar refractivity (Wildman–Crippen MR) is 185 cm³/mol. The number of hydrogen-bond donors (Lipinski definition) is 2. The van der Waals surface area contributed by atoms with E-state index in [0.717, 1.165) is 33.0 Å². The first kappa shape index (κ1) is 31.0. The van der Waals surface area contributed by atoms with Crippen LogP contribution in [0, 0.1) is 43.4 Å². The number of imide groups is 1. The zero-order valence-corrected chi connectivity index (χ0v) is 28.4. The van der Waals surface area contributed by atoms with Crippen molar-refractivity contribution in [2.75, 3.05) is 23.4 Å². The van der Waals surface area contributed by atoms with Gasteiger partial charge in [-0.2, -0.15) is 0 Å². The largest absolute Gasteiger partial charge is 0.490 e. The fourth-order valence-electron chi connectivity index (χ4n) is 8.51. The third kappa shape index (κ3) is 5.06. The van der Waals surface area contributed by atoms with E-state index in [2.05, 4.69) is 10.3 Å². The second kappa shape index (κ2) is 12.0. The highest BCUT2D eigenvalue weighted by Gasteiger charge is 2.69. The number of carbonyl (C=O) groups excluding carboxylic acids is 3. The second-order valence-corrected chi connectivity index (χ2v) is 15.4. The van der Waals surface area contributed by atoms with E-state index in [0.29, 0.717) is 29.5 Å². The van der Waals surface area contributed by atoms with Crippen LogP contribution in [0.3, 0.4) is 0 Å². The van der Waals surface area contributed by atoms with Crippen molar-refractivity contribution in [2.24, 2.45) is 29.6 Å². The molecule has 3 heterocycles. The van der Waals surface area contributed by atoms with Crippen LogP contribution < -0.4 is 24.6 Å². The second-order valence-electron chi connectivity index (χ2n) is 13.2. The van der Waals surface area contributed by atoms with Gasteiger partial charge in [-0.25, -0.2) is 0 Å². The Balaban J connectivity index is 1.10. The molecule has 246 valence electrons. The van der Waals surface area contributed by atoms with Crippen molar-refractivity contribution >= 4 is 52.2 Å². The number of aryl methyl sites for hydroxylation is 2. The molecule has 0 radical (unpaired) electrons. The molecule has 4 aliphatic rings. The maximum Gasteiger partial charge on any atom is 0.305 e. The van der Waals surface area contributed by atoms with Crippen molar-refractivity contribution in [3.05, 3.63) is 98.0 Å². The first-order valence-corrected chi connectivity index (χ1v) is 18.0. The highest BCUT2D eigenvalue weighted by Crippen LogP contribution is 2.68. The Kier molecular flexibility index (Phi) is 7.71. The summed E-state index contributed by atoms with van der Waals surface area (Å²) in [4.78, 5) is 58.7. The first-order chi connectivity index (χ1) is 23.2. The average molecular weight is 682 g/mol. The molecule has 48 heavy (non-hydrogen) atoms. The van der Waals surface area contributed by atoms with Gasteiger partial charge in [-0.3, -0.25) is 24.1 Å². The van der Waals surface area contributed by atoms with Gasteiger partial charge in [0, 0.05) is 21.7 Å². The first-order valence-electron chi connectivity index (χ1n) is 16.3. The Labute approximate surface area is 286 Å². The van der Waals surface area contributed by atoms with Crippen LogP contribution in [0.2, 0.25) is 0 Å². The molecular weight excluding hydrogens is 647 g/mol. The van der Waals surface area contributed by atoms with Crippen LogP contribution in [-0.2, 0) is 14.4 Å². The van der Waals surface area contributed by atoms with Crippen LogP contribution in [0.25, 0.3) is 0 Å². The van der Waals surface area contributed by atoms with E-state index < -0.39 is 0 Å². The third-order valence-electron chi connectivity index (χ3n) is 10.3. The Bertz CT molecular complexity index is 2000. The molecule has 1 aromatic heterocycles. The van der Waals surface area contributed by atoms with Gasteiger partial charge < -0.3 is 19.8 Å². The number of aromatic nitrogens is 1. The summed E-state index contributed by atoms with van der Waals surface area (Å²) in [6.45, 7) is 6.04. The molecule has 2 bridgehead atoms. The van der Waals surface area contributed by atoms with Crippen molar-refractivity contribution in [1.82, 2.24) is 4.98 Å². The van der Waals surface area contributed by atoms with Crippen LogP contribution in [0.5, 0.6) is 11.5 Å². The lowest BCUT2D eigenvalue weighted by Gasteiger charge is -2.43. The number of benzene rings is 3. The van der Waals surface area contributed by atoms with E-state index in [-0.39, 0.29) is 70.0 Å². The molecule has 2 aliphatic heterocycles. The molecule has 3 fully saturated rings. The van der Waals surface area contributed by atoms with E-state index in [1.807, 2.05) is 87.5 Å². The molecule has 7 atom stereocenters. The molecule has 1 saturated heterocycles. The number of nitrogens with one attached hydrogen (secondary N) is 2. The van der Waals surface area contributed by atoms with Crippen molar-refractivity contribution < 1.29 is 23.9 Å². The normalized spacial score (nSPS) is 26.6. The third-order valence-corrected chi connectivity index (χ3v) is 12.9. The highest BCUT2D eigenvalue weighted by atomic mass is 32.2. The minimum atomic E-state index is -0.383. The van der Waals surface area contributed by atoms with Gasteiger partial charge in [0.25, 0.3) is 5.91 Å². The van der Waals surface area contributed by atoms with Crippen LogP contribution in [-0.4, -0.2) is 41.2 Å². The summed E-state index contributed by atoms with van der Waals surface area (Å²) in [6, 6.07) is 20.9. The van der Waals surface area contributed by atoms with Gasteiger partial charge in [-0.1, -0.05) is 47.2 Å². The van der Waals surface area contributed by atoms with Crippen LogP contribution in [0.4, 0.5) is 11.4 Å². The van der Waals surface area contributed by atoms with Crippen LogP contribution in [0.15, 0.2) is 76.6 Å². The summed E-state index contributed by atoms with van der Waals surface area (Å²) in [7, 11) is 0. The predicted octanol–water partition coefficient (Wildman–Crippen LogP) is 6.15. The lowest BCUT2D eigenvalue weighted by atomic mass is 9.68. The minimum Gasteiger partial charge on any atom is -0.490 e. The number of ether oxygens (including phenoxy) is 2. The molecule has 11 heteroatoms. The summed E-state index contributed by atoms with van der Waals surface area (Å²) >= 11 is 2.88. The van der Waals surface area contributed by atoms with Crippen LogP contribution in [0.1, 0.15) is 40.8 Å². The number of hydrogen-bond acceptors (Lipinski definition) is 8. The molecule has 2 N–H and O–H groups in total. The van der Waals surface area contributed by atoms with Crippen molar-refractivity contribution in [1.29, 1.82) is 0 Å². The number of carbonyl (C=O) groups is 3. The van der Waals surface area contributed by atoms with Gasteiger partial charge in [0.2, 0.25) is 11.8 Å². The van der Waals surface area contributed by atoms with E-state index >= 15 is 0 Å². The average Bonchev–Trinajstić information content (AvgIpc) is 3.80. The number of fused-ring (bicyclic) bond motifs is 9. The smallest absolute Gasteiger partial charge is 0.305 e. The Morgan fingerprint density at radius 3 is 2.44 bits per heavy atom. The number of rotatable bonds is 8. The number of thioether (sulfide) groups is 1. The fraction of sp³-hybridized carbons (Fsp3) is 0.351. The van der Waals surface area contributed by atoms with Crippen molar-refractivity contribution in [2.45, 2.75) is 43.4 Å². The van der Waals surface area contributed by atoms with E-state index in [1.54, 1.807) is 11.8 Å². The summed E-state index contributed by atoms with van der Waals surface area (Å²) in [5, 5.41) is 3.79. The van der Waals surface area contributed by atoms with Crippen molar-refractivity contribution in [3.63, 3.8) is 0 Å². The van der Waals surface area contributed by atoms with E-state index in [4.69, 9.17) is 9.47 Å². The topological polar surface area (TPSA) is 118 Å². The molecule has 3 amide bonds. The Morgan fingerprint density at radius 1 is 0.917 bits per heavy atom. The molecule has 6 unspecified atom stereocenters. The Hall–Kier alpha value is -4.35. The van der Waals surface area contributed by atoms with Gasteiger partial charge in [0.15, 0.2) is 18.1 Å². The molecule has 9 nitrogen and oxygen atoms in total. The van der Waals surface area contributed by atoms with Crippen LogP contribution >= 0.6 is 23.1 Å². The number of nitrogens with zero attached hydrogens (tertiary/aromatic N) is 1. The lowest BCUT2D eigenvalue weighted by Crippen LogP contribution is -2.42. The van der Waals surface area contributed by atoms with Gasteiger partial charge in [-0.15, -0.1) is 11.8 Å². The summed E-state index contributed by atoms with van der Waals surface area (Å²) in [5.74, 6) is -0.369. The van der Waals surface area contributed by atoms with Gasteiger partial charge in [0.1, 0.15) is 0 Å². The summed E-state index contributed by atoms with van der Waals surface area (Å²) in [5.41, 5.74) is 4.40. The number of amides is 3. The number of thiazole rings is 1. The fourth-order valence-corrected chi connectivity index (χ4v) is 11.4. The molecule has 0 spiro atoms. The van der Waals surface area contributed by atoms with E-state index in [9.17, 15) is 19.2 Å². The zero-order valence-electron chi connectivity index (χ0n) is 26.7. The van der Waals surface area contributed by atoms with E-state index in [1.165, 1.54) is 16.2 Å². The molecular formula is C37H35N3O6S2. The van der Waals surface area contributed by atoms with Gasteiger partial charge in [-0.05, 0) is 92.5 Å². The molecule has 2 saturated carbocycles. The quantitative estimate of drug-likeness (QED) is 0.214. The van der Waals surface area contributed by atoms with Gasteiger partial charge >= 0.3 is 4.87 Å². The summed E-state index contributed by atoms with van der Waals surface area (Å²) in [6.07, 6.45) is 0.808. The SMILES string of the molecule is CCOc1cc([C@H]2c3sc(=O)[nH]c3SC3C4CC(C5C(=O)N(c6ccc(C)cc6)C(=O)C45)C32)ccc1OCC(=O)Nc1cccc(C)c1. The number of anilines is 2. The highest BCUT2D eigenvalue weighted by molar-refractivity contribution is 8.00. The molecule has 4 aromatic rings. The zero-order chi connectivity index (χ0) is 33.3. The summed E-state index contributed by atoms with van der Waals surface area (Å²) < 4.78 is 12.0. The molecule has 2 aliphatic carbocycles. The number of H-pyrrole nitrogens is 1. The van der Waals surface area contributed by atoms with Crippen molar-refractivity contribution in [3.8, 4) is 11.5 Å². The maximum absolute atomic E-state index is 14.1. The molecule has 3 aromatic carbocycles. The maximum atomic E-state index is 14.1. The van der Waals surface area contributed by atoms with Gasteiger partial charge in [0.05, 0.1) is 29.2 Å².